The second-order valence-electron chi connectivity index (χ2n) is 3.93. The zero-order valence-corrected chi connectivity index (χ0v) is 9.14. The fourth-order valence-corrected chi connectivity index (χ4v) is 1.13. The summed E-state index contributed by atoms with van der Waals surface area (Å²) in [5.41, 5.74) is 4.98. The topological polar surface area (TPSA) is 64.9 Å². The van der Waals surface area contributed by atoms with E-state index in [1.54, 1.807) is 6.92 Å². The summed E-state index contributed by atoms with van der Waals surface area (Å²) in [6.45, 7) is 3.88. The molecule has 92 valence electrons. The first-order valence-electron chi connectivity index (χ1n) is 4.90. The van der Waals surface area contributed by atoms with Crippen LogP contribution < -0.4 is 5.73 Å². The third-order valence-corrected chi connectivity index (χ3v) is 2.57. The summed E-state index contributed by atoms with van der Waals surface area (Å²) in [6, 6.07) is 0. The van der Waals surface area contributed by atoms with E-state index in [2.05, 4.69) is 10.1 Å². The van der Waals surface area contributed by atoms with Crippen molar-refractivity contribution in [2.45, 2.75) is 38.3 Å². The number of alkyl halides is 3. The Morgan fingerprint density at radius 3 is 2.44 bits per heavy atom. The fraction of sp³-hybridized carbons (Fsp3) is 0.778. The zero-order valence-electron chi connectivity index (χ0n) is 9.14. The normalized spacial score (nSPS) is 16.1. The smallest absolute Gasteiger partial charge is 0.339 e. The van der Waals surface area contributed by atoms with E-state index < -0.39 is 18.0 Å². The molecule has 0 saturated heterocycles. The summed E-state index contributed by atoms with van der Waals surface area (Å²) >= 11 is 0. The summed E-state index contributed by atoms with van der Waals surface area (Å²) in [5.74, 6) is -0.188. The Morgan fingerprint density at radius 1 is 1.38 bits per heavy atom. The number of hydrogen-bond donors (Lipinski definition) is 1. The van der Waals surface area contributed by atoms with Gasteiger partial charge in [0.2, 0.25) is 5.89 Å². The summed E-state index contributed by atoms with van der Waals surface area (Å²) in [4.78, 5) is 3.73. The lowest BCUT2D eigenvalue weighted by atomic mass is 9.88. The molecule has 0 radical (unpaired) electrons. The van der Waals surface area contributed by atoms with E-state index >= 15 is 0 Å². The lowest BCUT2D eigenvalue weighted by molar-refractivity contribution is -0.128. The summed E-state index contributed by atoms with van der Waals surface area (Å²) in [7, 11) is 0. The molecular formula is C9H14F3N3O. The van der Waals surface area contributed by atoms with Gasteiger partial charge in [-0.05, 0) is 13.3 Å². The quantitative estimate of drug-likeness (QED) is 0.867. The van der Waals surface area contributed by atoms with Crippen molar-refractivity contribution < 1.29 is 17.7 Å². The van der Waals surface area contributed by atoms with Crippen LogP contribution in [0.15, 0.2) is 4.52 Å². The molecule has 0 aromatic carbocycles. The Balaban J connectivity index is 2.86. The molecule has 0 bridgehead atoms. The van der Waals surface area contributed by atoms with E-state index in [-0.39, 0.29) is 18.3 Å². The molecule has 1 atom stereocenters. The number of nitrogens with zero attached hydrogens (tertiary/aromatic N) is 2. The standard InChI is InChI=1S/C9H14F3N3O/c1-3-8(2,5-13)7-14-6(15-16-7)4-9(10,11)12/h3-5,13H2,1-2H3. The van der Waals surface area contributed by atoms with Gasteiger partial charge < -0.3 is 10.3 Å². The van der Waals surface area contributed by atoms with Crippen LogP contribution in [0.1, 0.15) is 32.0 Å². The van der Waals surface area contributed by atoms with Crippen molar-refractivity contribution in [3.05, 3.63) is 11.7 Å². The van der Waals surface area contributed by atoms with Crippen LogP contribution in [-0.2, 0) is 11.8 Å². The van der Waals surface area contributed by atoms with Crippen molar-refractivity contribution in [2.24, 2.45) is 5.73 Å². The average molecular weight is 237 g/mol. The predicted octanol–water partition coefficient (Wildman–Crippen LogP) is 1.80. The van der Waals surface area contributed by atoms with E-state index in [4.69, 9.17) is 10.3 Å². The summed E-state index contributed by atoms with van der Waals surface area (Å²) in [5, 5.41) is 3.30. The molecule has 0 aliphatic carbocycles. The van der Waals surface area contributed by atoms with Crippen LogP contribution in [-0.4, -0.2) is 22.9 Å². The van der Waals surface area contributed by atoms with E-state index in [0.29, 0.717) is 6.42 Å². The lowest BCUT2D eigenvalue weighted by Crippen LogP contribution is -2.31. The van der Waals surface area contributed by atoms with E-state index in [1.807, 2.05) is 6.92 Å². The molecule has 0 fully saturated rings. The number of nitrogens with two attached hydrogens (primary N) is 1. The van der Waals surface area contributed by atoms with Gasteiger partial charge in [0.05, 0.1) is 5.41 Å². The molecule has 0 aliphatic heterocycles. The van der Waals surface area contributed by atoms with Crippen molar-refractivity contribution in [2.75, 3.05) is 6.54 Å². The van der Waals surface area contributed by atoms with Crippen LogP contribution in [0, 0.1) is 0 Å². The third-order valence-electron chi connectivity index (χ3n) is 2.57. The molecular weight excluding hydrogens is 223 g/mol. The molecule has 16 heavy (non-hydrogen) atoms. The van der Waals surface area contributed by atoms with E-state index in [9.17, 15) is 13.2 Å². The molecule has 1 heterocycles. The minimum atomic E-state index is -4.33. The Kier molecular flexibility index (Phi) is 3.57. The van der Waals surface area contributed by atoms with Gasteiger partial charge in [-0.15, -0.1) is 0 Å². The average Bonchev–Trinajstić information content (AvgIpc) is 2.63. The van der Waals surface area contributed by atoms with Crippen LogP contribution in [0.25, 0.3) is 0 Å². The number of rotatable bonds is 4. The van der Waals surface area contributed by atoms with Gasteiger partial charge in [-0.2, -0.15) is 18.2 Å². The summed E-state index contributed by atoms with van der Waals surface area (Å²) in [6.07, 6.45) is -4.88. The second kappa shape index (κ2) is 4.40. The van der Waals surface area contributed by atoms with Gasteiger partial charge in [0.1, 0.15) is 6.42 Å². The van der Waals surface area contributed by atoms with Gasteiger partial charge in [0, 0.05) is 6.54 Å². The molecule has 1 rings (SSSR count). The highest BCUT2D eigenvalue weighted by Crippen LogP contribution is 2.26. The zero-order chi connectivity index (χ0) is 12.4. The molecule has 0 amide bonds. The first-order valence-corrected chi connectivity index (χ1v) is 4.90. The van der Waals surface area contributed by atoms with Crippen LogP contribution >= 0.6 is 0 Å². The van der Waals surface area contributed by atoms with Gasteiger partial charge in [0.15, 0.2) is 5.82 Å². The number of hydrogen-bond acceptors (Lipinski definition) is 4. The maximum Gasteiger partial charge on any atom is 0.396 e. The van der Waals surface area contributed by atoms with Crippen LogP contribution in [0.5, 0.6) is 0 Å². The summed E-state index contributed by atoms with van der Waals surface area (Å²) < 4.78 is 41.0. The maximum absolute atomic E-state index is 12.1. The Hall–Kier alpha value is -1.11. The van der Waals surface area contributed by atoms with Crippen molar-refractivity contribution in [3.8, 4) is 0 Å². The minimum Gasteiger partial charge on any atom is -0.339 e. The molecule has 4 nitrogen and oxygen atoms in total. The monoisotopic (exact) mass is 237 g/mol. The van der Waals surface area contributed by atoms with Gasteiger partial charge in [-0.1, -0.05) is 12.1 Å². The van der Waals surface area contributed by atoms with Crippen molar-refractivity contribution in [1.29, 1.82) is 0 Å². The van der Waals surface area contributed by atoms with Crippen LogP contribution in [0.4, 0.5) is 13.2 Å². The number of aromatic nitrogens is 2. The third kappa shape index (κ3) is 2.94. The van der Waals surface area contributed by atoms with Crippen molar-refractivity contribution in [3.63, 3.8) is 0 Å². The van der Waals surface area contributed by atoms with Gasteiger partial charge in [-0.25, -0.2) is 0 Å². The predicted molar refractivity (Wildman–Crippen MR) is 50.8 cm³/mol. The van der Waals surface area contributed by atoms with Crippen molar-refractivity contribution >= 4 is 0 Å². The highest BCUT2D eigenvalue weighted by molar-refractivity contribution is 5.04. The van der Waals surface area contributed by atoms with Crippen LogP contribution in [0.3, 0.4) is 0 Å². The van der Waals surface area contributed by atoms with Crippen molar-refractivity contribution in [1.82, 2.24) is 10.1 Å². The molecule has 1 unspecified atom stereocenters. The second-order valence-corrected chi connectivity index (χ2v) is 3.93. The highest BCUT2D eigenvalue weighted by Gasteiger charge is 2.34. The molecule has 0 aliphatic rings. The van der Waals surface area contributed by atoms with Gasteiger partial charge >= 0.3 is 6.18 Å². The Morgan fingerprint density at radius 2 is 2.00 bits per heavy atom. The Labute approximate surface area is 91.0 Å². The maximum atomic E-state index is 12.1. The van der Waals surface area contributed by atoms with Crippen LogP contribution in [0.2, 0.25) is 0 Å². The highest BCUT2D eigenvalue weighted by atomic mass is 19.4. The first kappa shape index (κ1) is 13.0. The minimum absolute atomic E-state index is 0.164. The van der Waals surface area contributed by atoms with E-state index in [0.717, 1.165) is 0 Å². The molecule has 0 saturated carbocycles. The van der Waals surface area contributed by atoms with E-state index in [1.165, 1.54) is 0 Å². The molecule has 1 aromatic heterocycles. The molecule has 1 aromatic rings. The SMILES string of the molecule is CCC(C)(CN)c1nc(CC(F)(F)F)no1. The molecule has 7 heteroatoms. The first-order chi connectivity index (χ1) is 7.30. The van der Waals surface area contributed by atoms with Gasteiger partial charge in [-0.3, -0.25) is 0 Å². The molecule has 2 N–H and O–H groups in total. The Bertz CT molecular complexity index is 344. The molecule has 0 spiro atoms. The van der Waals surface area contributed by atoms with Gasteiger partial charge in [0.25, 0.3) is 0 Å². The number of halogens is 3. The fourth-order valence-electron chi connectivity index (χ4n) is 1.13. The lowest BCUT2D eigenvalue weighted by Gasteiger charge is -2.20. The largest absolute Gasteiger partial charge is 0.396 e.